The van der Waals surface area contributed by atoms with E-state index < -0.39 is 0 Å². The van der Waals surface area contributed by atoms with Crippen LogP contribution in [0.2, 0.25) is 0 Å². The normalized spacial score (nSPS) is 13.2. The third kappa shape index (κ3) is 2.68. The molecule has 0 aliphatic heterocycles. The highest BCUT2D eigenvalue weighted by atomic mass is 35.5. The average Bonchev–Trinajstić information content (AvgIpc) is 2.28. The molecule has 0 saturated carbocycles. The number of benzene rings is 2. The van der Waals surface area contributed by atoms with E-state index in [1.165, 1.54) is 21.9 Å². The van der Waals surface area contributed by atoms with Crippen molar-refractivity contribution in [3.8, 4) is 0 Å². The zero-order chi connectivity index (χ0) is 12.6. The molecule has 98 valence electrons. The summed E-state index contributed by atoms with van der Waals surface area (Å²) in [6, 6.07) is 12.9. The molecule has 0 heterocycles. The number of hydrogen-bond acceptors (Lipinski definition) is 1. The van der Waals surface area contributed by atoms with Crippen LogP contribution in [0.25, 0.3) is 10.8 Å². The fraction of sp³-hybridized carbons (Fsp3) is 0.375. The van der Waals surface area contributed by atoms with Gasteiger partial charge < -0.3 is 5.73 Å². The molecule has 2 rings (SSSR count). The van der Waals surface area contributed by atoms with E-state index >= 15 is 0 Å². The van der Waals surface area contributed by atoms with Gasteiger partial charge in [-0.3, -0.25) is 0 Å². The quantitative estimate of drug-likeness (QED) is 0.799. The summed E-state index contributed by atoms with van der Waals surface area (Å²) in [5.41, 5.74) is 9.03. The zero-order valence-corrected chi connectivity index (χ0v) is 12.3. The van der Waals surface area contributed by atoms with E-state index in [4.69, 9.17) is 5.73 Å². The van der Waals surface area contributed by atoms with Crippen molar-refractivity contribution in [1.82, 2.24) is 0 Å². The summed E-state index contributed by atoms with van der Waals surface area (Å²) in [6.07, 6.45) is 0. The molecule has 0 radical (unpaired) electrons. The van der Waals surface area contributed by atoms with E-state index in [1.54, 1.807) is 0 Å². The molecule has 0 aromatic heterocycles. The highest BCUT2D eigenvalue weighted by Gasteiger charge is 2.23. The van der Waals surface area contributed by atoms with Gasteiger partial charge >= 0.3 is 0 Å². The van der Waals surface area contributed by atoms with Crippen molar-refractivity contribution in [2.75, 3.05) is 0 Å². The summed E-state index contributed by atoms with van der Waals surface area (Å²) in [6.45, 7) is 8.71. The number of fused-ring (bicyclic) bond motifs is 1. The number of halogens is 1. The van der Waals surface area contributed by atoms with E-state index in [0.717, 1.165) is 0 Å². The highest BCUT2D eigenvalue weighted by Crippen LogP contribution is 2.35. The molecule has 18 heavy (non-hydrogen) atoms. The van der Waals surface area contributed by atoms with Crippen LogP contribution in [-0.4, -0.2) is 0 Å². The molecule has 2 aromatic rings. The second-order valence-electron chi connectivity index (χ2n) is 5.86. The van der Waals surface area contributed by atoms with Gasteiger partial charge in [0, 0.05) is 6.04 Å². The second-order valence-corrected chi connectivity index (χ2v) is 5.86. The van der Waals surface area contributed by atoms with Crippen molar-refractivity contribution in [2.45, 2.75) is 33.7 Å². The van der Waals surface area contributed by atoms with Crippen LogP contribution in [0.1, 0.15) is 37.9 Å². The van der Waals surface area contributed by atoms with Crippen LogP contribution in [0, 0.1) is 12.3 Å². The molecule has 0 aliphatic rings. The Hall–Kier alpha value is -1.05. The Morgan fingerprint density at radius 3 is 2.06 bits per heavy atom. The van der Waals surface area contributed by atoms with Gasteiger partial charge in [0.05, 0.1) is 0 Å². The maximum atomic E-state index is 6.39. The largest absolute Gasteiger partial charge is 0.323 e. The first-order chi connectivity index (χ1) is 7.91. The molecule has 2 heteroatoms. The summed E-state index contributed by atoms with van der Waals surface area (Å²) in [5, 5.41) is 2.60. The first kappa shape index (κ1) is 15.0. The maximum Gasteiger partial charge on any atom is 0.0350 e. The summed E-state index contributed by atoms with van der Waals surface area (Å²) < 4.78 is 0. The predicted molar refractivity (Wildman–Crippen MR) is 82.3 cm³/mol. The topological polar surface area (TPSA) is 26.0 Å². The monoisotopic (exact) mass is 263 g/mol. The lowest BCUT2D eigenvalue weighted by atomic mass is 9.81. The molecule has 0 bridgehead atoms. The van der Waals surface area contributed by atoms with Gasteiger partial charge in [0.1, 0.15) is 0 Å². The molecule has 2 N–H and O–H groups in total. The number of rotatable bonds is 1. The lowest BCUT2D eigenvalue weighted by Gasteiger charge is -2.28. The molecule has 2 aromatic carbocycles. The van der Waals surface area contributed by atoms with Crippen LogP contribution in [0.5, 0.6) is 0 Å². The first-order valence-electron chi connectivity index (χ1n) is 6.15. The average molecular weight is 264 g/mol. The molecule has 0 spiro atoms. The zero-order valence-electron chi connectivity index (χ0n) is 11.5. The minimum absolute atomic E-state index is 0. The van der Waals surface area contributed by atoms with Crippen molar-refractivity contribution >= 4 is 23.2 Å². The number of hydrogen-bond donors (Lipinski definition) is 1. The van der Waals surface area contributed by atoms with Gasteiger partial charge in [0.25, 0.3) is 0 Å². The Morgan fingerprint density at radius 2 is 1.50 bits per heavy atom. The highest BCUT2D eigenvalue weighted by molar-refractivity contribution is 5.89. The van der Waals surface area contributed by atoms with Gasteiger partial charge in [-0.25, -0.2) is 0 Å². The third-order valence-electron chi connectivity index (χ3n) is 3.44. The molecule has 0 aliphatic carbocycles. The fourth-order valence-corrected chi connectivity index (χ4v) is 2.21. The van der Waals surface area contributed by atoms with Gasteiger partial charge in [-0.1, -0.05) is 57.2 Å². The Morgan fingerprint density at radius 1 is 0.944 bits per heavy atom. The van der Waals surface area contributed by atoms with E-state index in [2.05, 4.69) is 64.1 Å². The van der Waals surface area contributed by atoms with Crippen LogP contribution in [0.15, 0.2) is 36.4 Å². The van der Waals surface area contributed by atoms with Crippen molar-refractivity contribution in [2.24, 2.45) is 11.1 Å². The van der Waals surface area contributed by atoms with Crippen LogP contribution < -0.4 is 5.73 Å². The molecule has 1 nitrogen and oxygen atoms in total. The molecule has 0 saturated heterocycles. The van der Waals surface area contributed by atoms with Crippen molar-refractivity contribution in [3.05, 3.63) is 47.5 Å². The predicted octanol–water partition coefficient (Wildman–Crippen LogP) is 4.62. The summed E-state index contributed by atoms with van der Waals surface area (Å²) in [5.74, 6) is 0. The molecule has 1 atom stereocenters. The van der Waals surface area contributed by atoms with Crippen LogP contribution >= 0.6 is 12.4 Å². The lowest BCUT2D eigenvalue weighted by molar-refractivity contribution is 0.328. The SMILES string of the molecule is Cc1ccc([C@H](N)C(C)(C)C)c2ccccc12.Cl. The van der Waals surface area contributed by atoms with E-state index in [-0.39, 0.29) is 23.9 Å². The van der Waals surface area contributed by atoms with Crippen molar-refractivity contribution < 1.29 is 0 Å². The molecule has 0 fully saturated rings. The minimum atomic E-state index is 0. The van der Waals surface area contributed by atoms with Gasteiger partial charge in [0.15, 0.2) is 0 Å². The summed E-state index contributed by atoms with van der Waals surface area (Å²) in [7, 11) is 0. The Labute approximate surface area is 116 Å². The van der Waals surface area contributed by atoms with Gasteiger partial charge in [-0.2, -0.15) is 0 Å². The van der Waals surface area contributed by atoms with E-state index in [0.29, 0.717) is 0 Å². The Kier molecular flexibility index (Phi) is 4.41. The molecular formula is C16H22ClN. The van der Waals surface area contributed by atoms with Crippen molar-refractivity contribution in [3.63, 3.8) is 0 Å². The summed E-state index contributed by atoms with van der Waals surface area (Å²) in [4.78, 5) is 0. The molecule has 0 unspecified atom stereocenters. The third-order valence-corrected chi connectivity index (χ3v) is 3.44. The second kappa shape index (κ2) is 5.29. The molecule has 0 amide bonds. The van der Waals surface area contributed by atoms with Crippen LogP contribution in [0.4, 0.5) is 0 Å². The molecular weight excluding hydrogens is 242 g/mol. The van der Waals surface area contributed by atoms with Gasteiger partial charge in [0.2, 0.25) is 0 Å². The van der Waals surface area contributed by atoms with Crippen molar-refractivity contribution in [1.29, 1.82) is 0 Å². The first-order valence-corrected chi connectivity index (χ1v) is 6.15. The van der Waals surface area contributed by atoms with E-state index in [1.807, 2.05) is 0 Å². The van der Waals surface area contributed by atoms with Gasteiger partial charge in [-0.05, 0) is 34.2 Å². The van der Waals surface area contributed by atoms with Crippen LogP contribution in [-0.2, 0) is 0 Å². The smallest absolute Gasteiger partial charge is 0.0350 e. The Balaban J connectivity index is 0.00000162. The number of nitrogens with two attached hydrogens (primary N) is 1. The van der Waals surface area contributed by atoms with Gasteiger partial charge in [-0.15, -0.1) is 12.4 Å². The minimum Gasteiger partial charge on any atom is -0.323 e. The standard InChI is InChI=1S/C16H21N.ClH/c1-11-9-10-14(15(17)16(2,3)4)13-8-6-5-7-12(11)13;/h5-10,15H,17H2,1-4H3;1H/t15-;/m0./s1. The lowest BCUT2D eigenvalue weighted by Crippen LogP contribution is -2.26. The fourth-order valence-electron chi connectivity index (χ4n) is 2.21. The Bertz CT molecular complexity index is 540. The van der Waals surface area contributed by atoms with E-state index in [9.17, 15) is 0 Å². The van der Waals surface area contributed by atoms with Crippen LogP contribution in [0.3, 0.4) is 0 Å². The maximum absolute atomic E-state index is 6.39. The number of aryl methyl sites for hydroxylation is 1. The summed E-state index contributed by atoms with van der Waals surface area (Å²) >= 11 is 0.